The molecule has 1 fully saturated rings. The SMILES string of the molecule is COC(=O)CNC(=O)CNC(=O)C(C)N(C)Cc1ccc(CN2C(=O)[C@@H](Oc3ccccc3)[C@H]2c2ccc(OC)cc2)cc1. The summed E-state index contributed by atoms with van der Waals surface area (Å²) in [5, 5.41) is 4.96. The van der Waals surface area contributed by atoms with Crippen LogP contribution in [0.2, 0.25) is 0 Å². The highest BCUT2D eigenvalue weighted by molar-refractivity contribution is 5.89. The van der Waals surface area contributed by atoms with E-state index in [1.165, 1.54) is 7.11 Å². The van der Waals surface area contributed by atoms with Gasteiger partial charge in [0, 0.05) is 13.1 Å². The maximum absolute atomic E-state index is 13.3. The molecule has 0 aromatic heterocycles. The Morgan fingerprint density at radius 3 is 2.16 bits per heavy atom. The molecule has 1 unspecified atom stereocenters. The van der Waals surface area contributed by atoms with Crippen molar-refractivity contribution in [3.63, 3.8) is 0 Å². The average Bonchev–Trinajstić information content (AvgIpc) is 3.06. The largest absolute Gasteiger partial charge is 0.497 e. The average molecular weight is 603 g/mol. The van der Waals surface area contributed by atoms with Gasteiger partial charge in [0.25, 0.3) is 5.91 Å². The molecule has 3 atom stereocenters. The van der Waals surface area contributed by atoms with Crippen LogP contribution in [0.4, 0.5) is 0 Å². The van der Waals surface area contributed by atoms with Gasteiger partial charge in [0.1, 0.15) is 24.1 Å². The lowest BCUT2D eigenvalue weighted by Crippen LogP contribution is -2.60. The Kier molecular flexibility index (Phi) is 10.9. The van der Waals surface area contributed by atoms with Gasteiger partial charge in [0.05, 0.1) is 26.8 Å². The smallest absolute Gasteiger partial charge is 0.325 e. The number of esters is 1. The third-order valence-corrected chi connectivity index (χ3v) is 7.54. The molecule has 3 amide bonds. The number of β-lactam (4-membered cyclic amide) rings is 1. The predicted molar refractivity (Wildman–Crippen MR) is 163 cm³/mol. The molecule has 44 heavy (non-hydrogen) atoms. The van der Waals surface area contributed by atoms with E-state index in [1.807, 2.05) is 95.7 Å². The van der Waals surface area contributed by atoms with Gasteiger partial charge in [-0.25, -0.2) is 0 Å². The Bertz CT molecular complexity index is 1430. The maximum Gasteiger partial charge on any atom is 0.325 e. The number of rotatable bonds is 14. The van der Waals surface area contributed by atoms with Gasteiger partial charge in [-0.1, -0.05) is 54.6 Å². The van der Waals surface area contributed by atoms with E-state index in [-0.39, 0.29) is 30.9 Å². The van der Waals surface area contributed by atoms with Gasteiger partial charge in [-0.15, -0.1) is 0 Å². The lowest BCUT2D eigenvalue weighted by atomic mass is 9.89. The van der Waals surface area contributed by atoms with E-state index in [0.29, 0.717) is 18.8 Å². The fourth-order valence-electron chi connectivity index (χ4n) is 4.80. The molecule has 2 N–H and O–H groups in total. The number of hydrogen-bond acceptors (Lipinski definition) is 8. The topological polar surface area (TPSA) is 127 Å². The first kappa shape index (κ1) is 32.0. The number of carbonyl (C=O) groups is 4. The van der Waals surface area contributed by atoms with Crippen molar-refractivity contribution in [1.29, 1.82) is 0 Å². The van der Waals surface area contributed by atoms with Gasteiger partial charge in [-0.3, -0.25) is 24.1 Å². The van der Waals surface area contributed by atoms with Crippen molar-refractivity contribution in [2.24, 2.45) is 0 Å². The molecular formula is C33H38N4O7. The van der Waals surface area contributed by atoms with E-state index in [1.54, 1.807) is 14.0 Å². The third kappa shape index (κ3) is 8.13. The third-order valence-electron chi connectivity index (χ3n) is 7.54. The Hall–Kier alpha value is -4.90. The molecule has 0 spiro atoms. The number of nitrogens with one attached hydrogen (secondary N) is 2. The Labute approximate surface area is 257 Å². The van der Waals surface area contributed by atoms with Crippen LogP contribution in [0.3, 0.4) is 0 Å². The van der Waals surface area contributed by atoms with Crippen LogP contribution in [0, 0.1) is 0 Å². The summed E-state index contributed by atoms with van der Waals surface area (Å²) in [6.45, 7) is 2.16. The van der Waals surface area contributed by atoms with Crippen LogP contribution in [0.1, 0.15) is 29.7 Å². The predicted octanol–water partition coefficient (Wildman–Crippen LogP) is 2.45. The first-order valence-corrected chi connectivity index (χ1v) is 14.3. The van der Waals surface area contributed by atoms with Gasteiger partial charge >= 0.3 is 5.97 Å². The van der Waals surface area contributed by atoms with Gasteiger partial charge < -0.3 is 29.7 Å². The second kappa shape index (κ2) is 15.0. The highest BCUT2D eigenvalue weighted by atomic mass is 16.5. The summed E-state index contributed by atoms with van der Waals surface area (Å²) in [7, 11) is 4.66. The van der Waals surface area contributed by atoms with E-state index >= 15 is 0 Å². The van der Waals surface area contributed by atoms with Gasteiger partial charge in [-0.2, -0.15) is 0 Å². The van der Waals surface area contributed by atoms with Crippen LogP contribution in [-0.4, -0.2) is 80.0 Å². The Morgan fingerprint density at radius 2 is 1.52 bits per heavy atom. The lowest BCUT2D eigenvalue weighted by Gasteiger charge is -2.47. The molecule has 3 aromatic carbocycles. The van der Waals surface area contributed by atoms with Crippen LogP contribution < -0.4 is 20.1 Å². The standard InChI is InChI=1S/C33H38N4O7/c1-22(32(40)35-18-28(38)34-19-29(39)43-4)36(2)20-23-10-12-24(13-11-23)21-37-30(25-14-16-26(42-3)17-15-25)31(33(37)41)44-27-8-6-5-7-9-27/h5-17,22,30-31H,18-21H2,1-4H3,(H,34,38)(H,35,40)/t22?,30-,31+/m1/s1. The number of amides is 3. The molecule has 11 nitrogen and oxygen atoms in total. The second-order valence-corrected chi connectivity index (χ2v) is 10.5. The van der Waals surface area contributed by atoms with Crippen LogP contribution in [-0.2, 0) is 37.0 Å². The first-order chi connectivity index (χ1) is 21.2. The Morgan fingerprint density at radius 1 is 0.864 bits per heavy atom. The molecule has 4 rings (SSSR count). The summed E-state index contributed by atoms with van der Waals surface area (Å²) in [5.41, 5.74) is 2.90. The summed E-state index contributed by atoms with van der Waals surface area (Å²) in [5.74, 6) is -0.0781. The molecule has 0 saturated carbocycles. The van der Waals surface area contributed by atoms with E-state index in [2.05, 4.69) is 15.4 Å². The monoisotopic (exact) mass is 602 g/mol. The van der Waals surface area contributed by atoms with Crippen LogP contribution in [0.15, 0.2) is 78.9 Å². The number of ether oxygens (including phenoxy) is 3. The van der Waals surface area contributed by atoms with Crippen LogP contribution in [0.5, 0.6) is 11.5 Å². The summed E-state index contributed by atoms with van der Waals surface area (Å²) >= 11 is 0. The molecule has 0 bridgehead atoms. The maximum atomic E-state index is 13.3. The molecule has 0 aliphatic carbocycles. The van der Waals surface area contributed by atoms with Gasteiger partial charge in [0.2, 0.25) is 17.9 Å². The molecule has 1 aliphatic rings. The summed E-state index contributed by atoms with van der Waals surface area (Å²) in [6, 6.07) is 24.1. The first-order valence-electron chi connectivity index (χ1n) is 14.3. The number of para-hydroxylation sites is 1. The Balaban J connectivity index is 1.34. The van der Waals surface area contributed by atoms with Crippen LogP contribution >= 0.6 is 0 Å². The number of carbonyl (C=O) groups excluding carboxylic acids is 4. The zero-order chi connectivity index (χ0) is 31.6. The number of methoxy groups -OCH3 is 2. The molecule has 3 aromatic rings. The molecule has 0 radical (unpaired) electrons. The highest BCUT2D eigenvalue weighted by Crippen LogP contribution is 2.39. The minimum Gasteiger partial charge on any atom is -0.497 e. The van der Waals surface area contributed by atoms with Gasteiger partial charge in [-0.05, 0) is 54.9 Å². The van der Waals surface area contributed by atoms with Crippen molar-refractivity contribution in [1.82, 2.24) is 20.4 Å². The molecule has 1 aliphatic heterocycles. The fourth-order valence-corrected chi connectivity index (χ4v) is 4.80. The van der Waals surface area contributed by atoms with Crippen molar-refractivity contribution < 1.29 is 33.4 Å². The van der Waals surface area contributed by atoms with E-state index in [9.17, 15) is 19.2 Å². The lowest BCUT2D eigenvalue weighted by molar-refractivity contribution is -0.165. The number of benzene rings is 3. The van der Waals surface area contributed by atoms with Crippen molar-refractivity contribution >= 4 is 23.7 Å². The molecule has 232 valence electrons. The molecule has 1 saturated heterocycles. The van der Waals surface area contributed by atoms with Crippen molar-refractivity contribution in [2.75, 3.05) is 34.4 Å². The fraction of sp³-hybridized carbons (Fsp3) is 0.333. The molecular weight excluding hydrogens is 564 g/mol. The van der Waals surface area contributed by atoms with E-state index < -0.39 is 24.0 Å². The number of hydrogen-bond donors (Lipinski definition) is 2. The van der Waals surface area contributed by atoms with Crippen molar-refractivity contribution in [3.8, 4) is 11.5 Å². The van der Waals surface area contributed by atoms with Crippen molar-refractivity contribution in [3.05, 3.63) is 95.6 Å². The highest BCUT2D eigenvalue weighted by Gasteiger charge is 2.50. The van der Waals surface area contributed by atoms with Crippen molar-refractivity contribution in [2.45, 2.75) is 38.2 Å². The molecule has 11 heteroatoms. The minimum absolute atomic E-state index is 0.0858. The van der Waals surface area contributed by atoms with Gasteiger partial charge in [0.15, 0.2) is 0 Å². The summed E-state index contributed by atoms with van der Waals surface area (Å²) < 4.78 is 15.9. The molecule has 1 heterocycles. The summed E-state index contributed by atoms with van der Waals surface area (Å²) in [4.78, 5) is 52.5. The van der Waals surface area contributed by atoms with E-state index in [0.717, 1.165) is 22.4 Å². The van der Waals surface area contributed by atoms with Crippen LogP contribution in [0.25, 0.3) is 0 Å². The zero-order valence-corrected chi connectivity index (χ0v) is 25.3. The normalized spacial score (nSPS) is 16.5. The summed E-state index contributed by atoms with van der Waals surface area (Å²) in [6.07, 6.45) is -0.634. The van der Waals surface area contributed by atoms with E-state index in [4.69, 9.17) is 9.47 Å². The zero-order valence-electron chi connectivity index (χ0n) is 25.3. The second-order valence-electron chi connectivity index (χ2n) is 10.5. The number of likely N-dealkylation sites (N-methyl/N-ethyl adjacent to an activating group) is 1. The quantitative estimate of drug-likeness (QED) is 0.213. The minimum atomic E-state index is -0.634. The number of nitrogens with zero attached hydrogens (tertiary/aromatic N) is 2. The number of likely N-dealkylation sites (tertiary alicyclic amines) is 1.